The summed E-state index contributed by atoms with van der Waals surface area (Å²) in [6, 6.07) is 5.74. The van der Waals surface area contributed by atoms with E-state index in [1.165, 1.54) is 0 Å². The number of ether oxygens (including phenoxy) is 1. The number of hydrazone groups is 1. The Labute approximate surface area is 160 Å². The van der Waals surface area contributed by atoms with Crippen molar-refractivity contribution in [3.05, 3.63) is 29.3 Å². The van der Waals surface area contributed by atoms with Gasteiger partial charge in [-0.15, -0.1) is 0 Å². The summed E-state index contributed by atoms with van der Waals surface area (Å²) in [5.74, 6) is -1.47. The van der Waals surface area contributed by atoms with Gasteiger partial charge in [0.15, 0.2) is 0 Å². The maximum Gasteiger partial charge on any atom is 0.314 e. The molecule has 1 aromatic rings. The van der Waals surface area contributed by atoms with Gasteiger partial charge in [0.2, 0.25) is 11.8 Å². The standard InChI is InChI=1S/C20H29N3O4/c1-6-16(20(26)27-7-2)15(5)22-23-19(25)11-10-18(24)21-17-9-8-13(3)12-14(17)4/h8-9,12,16H,6-7,10-11H2,1-5H3,(H,21,24)(H,23,25)/b22-15-. The van der Waals surface area contributed by atoms with Crippen molar-refractivity contribution >= 4 is 29.2 Å². The van der Waals surface area contributed by atoms with Crippen molar-refractivity contribution in [2.24, 2.45) is 11.0 Å². The number of esters is 1. The van der Waals surface area contributed by atoms with Gasteiger partial charge >= 0.3 is 5.97 Å². The summed E-state index contributed by atoms with van der Waals surface area (Å²) < 4.78 is 4.99. The molecule has 7 nitrogen and oxygen atoms in total. The lowest BCUT2D eigenvalue weighted by atomic mass is 10.0. The normalized spacial score (nSPS) is 12.3. The van der Waals surface area contributed by atoms with Gasteiger partial charge in [-0.3, -0.25) is 14.4 Å². The Morgan fingerprint density at radius 2 is 1.78 bits per heavy atom. The Hall–Kier alpha value is -2.70. The van der Waals surface area contributed by atoms with Gasteiger partial charge in [0.25, 0.3) is 0 Å². The summed E-state index contributed by atoms with van der Waals surface area (Å²) in [7, 11) is 0. The fraction of sp³-hybridized carbons (Fsp3) is 0.500. The zero-order valence-corrected chi connectivity index (χ0v) is 16.7. The van der Waals surface area contributed by atoms with E-state index in [0.29, 0.717) is 18.7 Å². The van der Waals surface area contributed by atoms with E-state index in [0.717, 1.165) is 16.8 Å². The molecule has 0 aliphatic rings. The molecule has 0 saturated heterocycles. The van der Waals surface area contributed by atoms with Crippen LogP contribution >= 0.6 is 0 Å². The van der Waals surface area contributed by atoms with E-state index in [1.54, 1.807) is 13.8 Å². The number of benzene rings is 1. The molecule has 0 aliphatic carbocycles. The fourth-order valence-corrected chi connectivity index (χ4v) is 2.55. The predicted molar refractivity (Wildman–Crippen MR) is 105 cm³/mol. The topological polar surface area (TPSA) is 96.9 Å². The highest BCUT2D eigenvalue weighted by Gasteiger charge is 2.21. The SMILES string of the molecule is CCOC(=O)C(CC)/C(C)=N\NC(=O)CCC(=O)Nc1ccc(C)cc1C. The minimum absolute atomic E-state index is 0.00369. The van der Waals surface area contributed by atoms with Crippen molar-refractivity contribution in [3.63, 3.8) is 0 Å². The second kappa shape index (κ2) is 11.1. The van der Waals surface area contributed by atoms with Crippen molar-refractivity contribution in [3.8, 4) is 0 Å². The van der Waals surface area contributed by atoms with Crippen molar-refractivity contribution in [1.82, 2.24) is 5.43 Å². The molecule has 1 aromatic carbocycles. The fourth-order valence-electron chi connectivity index (χ4n) is 2.55. The van der Waals surface area contributed by atoms with Crippen LogP contribution in [0.5, 0.6) is 0 Å². The zero-order chi connectivity index (χ0) is 20.4. The lowest BCUT2D eigenvalue weighted by Gasteiger charge is -2.13. The van der Waals surface area contributed by atoms with Crippen molar-refractivity contribution in [2.75, 3.05) is 11.9 Å². The van der Waals surface area contributed by atoms with Crippen LogP contribution in [-0.2, 0) is 19.1 Å². The molecule has 0 fully saturated rings. The van der Waals surface area contributed by atoms with Crippen LogP contribution in [0.1, 0.15) is 51.2 Å². The summed E-state index contributed by atoms with van der Waals surface area (Å²) >= 11 is 0. The highest BCUT2D eigenvalue weighted by molar-refractivity contribution is 6.01. The monoisotopic (exact) mass is 375 g/mol. The van der Waals surface area contributed by atoms with Crippen LogP contribution in [0.4, 0.5) is 5.69 Å². The average molecular weight is 375 g/mol. The van der Waals surface area contributed by atoms with Crippen LogP contribution in [0, 0.1) is 19.8 Å². The third-order valence-electron chi connectivity index (χ3n) is 4.08. The summed E-state index contributed by atoms with van der Waals surface area (Å²) in [5, 5.41) is 6.77. The van der Waals surface area contributed by atoms with E-state index in [2.05, 4.69) is 15.8 Å². The van der Waals surface area contributed by atoms with Gasteiger partial charge in [-0.05, 0) is 45.7 Å². The zero-order valence-electron chi connectivity index (χ0n) is 16.7. The van der Waals surface area contributed by atoms with Crippen LogP contribution < -0.4 is 10.7 Å². The number of carbonyl (C=O) groups is 3. The molecule has 0 heterocycles. The first-order valence-corrected chi connectivity index (χ1v) is 9.15. The Kier molecular flexibility index (Phi) is 9.19. The molecule has 27 heavy (non-hydrogen) atoms. The third kappa shape index (κ3) is 7.60. The first-order valence-electron chi connectivity index (χ1n) is 9.15. The van der Waals surface area contributed by atoms with Gasteiger partial charge in [0.1, 0.15) is 0 Å². The lowest BCUT2D eigenvalue weighted by Crippen LogP contribution is -2.27. The number of rotatable bonds is 9. The minimum atomic E-state index is -0.488. The second-order valence-electron chi connectivity index (χ2n) is 6.37. The van der Waals surface area contributed by atoms with Gasteiger partial charge in [0, 0.05) is 24.2 Å². The molecular formula is C20H29N3O4. The number of carbonyl (C=O) groups excluding carboxylic acids is 3. The number of nitrogens with zero attached hydrogens (tertiary/aromatic N) is 1. The average Bonchev–Trinajstić information content (AvgIpc) is 2.61. The van der Waals surface area contributed by atoms with E-state index in [-0.39, 0.29) is 30.6 Å². The summed E-state index contributed by atoms with van der Waals surface area (Å²) in [6.45, 7) is 9.45. The second-order valence-corrected chi connectivity index (χ2v) is 6.37. The van der Waals surface area contributed by atoms with Gasteiger partial charge in [-0.25, -0.2) is 5.43 Å². The van der Waals surface area contributed by atoms with E-state index in [9.17, 15) is 14.4 Å². The number of hydrogen-bond donors (Lipinski definition) is 2. The maximum atomic E-state index is 12.0. The molecule has 0 spiro atoms. The molecule has 2 amide bonds. The van der Waals surface area contributed by atoms with Crippen molar-refractivity contribution in [1.29, 1.82) is 0 Å². The first-order chi connectivity index (χ1) is 12.8. The molecule has 0 saturated carbocycles. The smallest absolute Gasteiger partial charge is 0.314 e. The Balaban J connectivity index is 2.49. The number of amides is 2. The van der Waals surface area contributed by atoms with E-state index in [4.69, 9.17) is 4.74 Å². The van der Waals surface area contributed by atoms with Gasteiger partial charge < -0.3 is 10.1 Å². The molecule has 0 bridgehead atoms. The summed E-state index contributed by atoms with van der Waals surface area (Å²) in [4.78, 5) is 35.8. The molecule has 2 N–H and O–H groups in total. The van der Waals surface area contributed by atoms with Crippen LogP contribution in [0.3, 0.4) is 0 Å². The van der Waals surface area contributed by atoms with Gasteiger partial charge in [-0.2, -0.15) is 5.10 Å². The largest absolute Gasteiger partial charge is 0.465 e. The summed E-state index contributed by atoms with van der Waals surface area (Å²) in [6.07, 6.45) is 0.578. The number of anilines is 1. The molecule has 148 valence electrons. The quantitative estimate of drug-likeness (QED) is 0.394. The molecule has 1 unspecified atom stereocenters. The van der Waals surface area contributed by atoms with E-state index >= 15 is 0 Å². The molecule has 7 heteroatoms. The van der Waals surface area contributed by atoms with Crippen LogP contribution in [0.15, 0.2) is 23.3 Å². The minimum Gasteiger partial charge on any atom is -0.465 e. The maximum absolute atomic E-state index is 12.0. The molecule has 0 aliphatic heterocycles. The molecule has 1 rings (SSSR count). The molecular weight excluding hydrogens is 346 g/mol. The van der Waals surface area contributed by atoms with Gasteiger partial charge in [-0.1, -0.05) is 24.6 Å². The number of hydrogen-bond acceptors (Lipinski definition) is 5. The van der Waals surface area contributed by atoms with Crippen molar-refractivity contribution in [2.45, 2.75) is 53.9 Å². The van der Waals surface area contributed by atoms with Crippen LogP contribution in [0.2, 0.25) is 0 Å². The predicted octanol–water partition coefficient (Wildman–Crippen LogP) is 3.10. The van der Waals surface area contributed by atoms with E-state index in [1.807, 2.05) is 39.0 Å². The Bertz CT molecular complexity index is 713. The molecule has 1 atom stereocenters. The highest BCUT2D eigenvalue weighted by atomic mass is 16.5. The van der Waals surface area contributed by atoms with Gasteiger partial charge in [0.05, 0.1) is 12.5 Å². The number of nitrogens with one attached hydrogen (secondary N) is 2. The highest BCUT2D eigenvalue weighted by Crippen LogP contribution is 2.16. The molecule has 0 radical (unpaired) electrons. The van der Waals surface area contributed by atoms with Crippen LogP contribution in [0.25, 0.3) is 0 Å². The lowest BCUT2D eigenvalue weighted by molar-refractivity contribution is -0.145. The van der Waals surface area contributed by atoms with Crippen LogP contribution in [-0.4, -0.2) is 30.1 Å². The summed E-state index contributed by atoms with van der Waals surface area (Å²) in [5.41, 5.74) is 5.69. The Morgan fingerprint density at radius 3 is 2.37 bits per heavy atom. The number of aryl methyl sites for hydroxylation is 2. The first kappa shape index (κ1) is 22.3. The molecule has 0 aromatic heterocycles. The van der Waals surface area contributed by atoms with Crippen molar-refractivity contribution < 1.29 is 19.1 Å². The third-order valence-corrected chi connectivity index (χ3v) is 4.08. The van der Waals surface area contributed by atoms with E-state index < -0.39 is 5.92 Å². The Morgan fingerprint density at radius 1 is 1.11 bits per heavy atom.